The summed E-state index contributed by atoms with van der Waals surface area (Å²) in [4.78, 5) is 10.8. The first-order valence-electron chi connectivity index (χ1n) is 6.66. The van der Waals surface area contributed by atoms with Crippen molar-refractivity contribution in [3.63, 3.8) is 0 Å². The zero-order valence-electron chi connectivity index (χ0n) is 12.3. The van der Waals surface area contributed by atoms with Crippen LogP contribution in [0, 0.1) is 5.92 Å². The van der Waals surface area contributed by atoms with Gasteiger partial charge < -0.3 is 16.0 Å². The minimum atomic E-state index is 0.484. The molecule has 0 amide bonds. The van der Waals surface area contributed by atoms with E-state index in [1.807, 2.05) is 37.2 Å². The van der Waals surface area contributed by atoms with E-state index < -0.39 is 0 Å². The molecule has 19 heavy (non-hydrogen) atoms. The van der Waals surface area contributed by atoms with Crippen LogP contribution in [0.5, 0.6) is 0 Å². The second-order valence-corrected chi connectivity index (χ2v) is 5.19. The Kier molecular flexibility index (Phi) is 6.12. The third kappa shape index (κ3) is 6.08. The third-order valence-corrected chi connectivity index (χ3v) is 2.69. The van der Waals surface area contributed by atoms with E-state index in [0.717, 1.165) is 24.5 Å². The molecule has 3 N–H and O–H groups in total. The maximum Gasteiger partial charge on any atom is 0.188 e. The van der Waals surface area contributed by atoms with Crippen LogP contribution in [0.1, 0.15) is 26.0 Å². The van der Waals surface area contributed by atoms with Gasteiger partial charge in [0.1, 0.15) is 5.82 Å². The van der Waals surface area contributed by atoms with Crippen molar-refractivity contribution >= 4 is 11.8 Å². The van der Waals surface area contributed by atoms with Crippen LogP contribution in [0.2, 0.25) is 0 Å². The molecule has 0 saturated carbocycles. The molecular weight excluding hydrogens is 238 g/mol. The number of hydrogen-bond donors (Lipinski definition) is 2. The fourth-order valence-electron chi connectivity index (χ4n) is 1.52. The van der Waals surface area contributed by atoms with Crippen molar-refractivity contribution in [2.24, 2.45) is 16.6 Å². The Hall–Kier alpha value is -1.78. The van der Waals surface area contributed by atoms with Gasteiger partial charge in [-0.15, -0.1) is 0 Å². The fourth-order valence-corrected chi connectivity index (χ4v) is 1.52. The number of pyridine rings is 1. The molecule has 0 saturated heterocycles. The summed E-state index contributed by atoms with van der Waals surface area (Å²) in [6.07, 6.45) is 1.09. The van der Waals surface area contributed by atoms with Crippen LogP contribution in [-0.2, 0) is 6.54 Å². The lowest BCUT2D eigenvalue weighted by Gasteiger charge is -2.11. The van der Waals surface area contributed by atoms with E-state index in [2.05, 4.69) is 29.1 Å². The van der Waals surface area contributed by atoms with Crippen molar-refractivity contribution in [1.29, 1.82) is 0 Å². The maximum absolute atomic E-state index is 5.81. The van der Waals surface area contributed by atoms with Crippen LogP contribution in [-0.4, -0.2) is 31.6 Å². The Morgan fingerprint density at radius 3 is 2.79 bits per heavy atom. The number of aromatic nitrogens is 1. The van der Waals surface area contributed by atoms with Crippen LogP contribution in [0.25, 0.3) is 0 Å². The molecule has 0 radical (unpaired) electrons. The number of nitrogens with two attached hydrogens (primary N) is 1. The van der Waals surface area contributed by atoms with Crippen LogP contribution in [0.4, 0.5) is 5.82 Å². The van der Waals surface area contributed by atoms with Gasteiger partial charge in [-0.05, 0) is 24.5 Å². The second kappa shape index (κ2) is 7.61. The summed E-state index contributed by atoms with van der Waals surface area (Å²) in [5, 5.41) is 3.11. The molecule has 5 heteroatoms. The lowest BCUT2D eigenvalue weighted by atomic mass is 10.1. The Morgan fingerprint density at radius 1 is 1.42 bits per heavy atom. The zero-order chi connectivity index (χ0) is 14.3. The highest BCUT2D eigenvalue weighted by atomic mass is 15.1. The van der Waals surface area contributed by atoms with Crippen molar-refractivity contribution < 1.29 is 0 Å². The molecule has 106 valence electrons. The first-order chi connectivity index (χ1) is 8.99. The first-order valence-corrected chi connectivity index (χ1v) is 6.66. The SMILES string of the molecule is CC(C)CCNC(N)=NCc1cccc(N(C)C)n1. The quantitative estimate of drug-likeness (QED) is 0.604. The largest absolute Gasteiger partial charge is 0.370 e. The predicted molar refractivity (Wildman–Crippen MR) is 81.3 cm³/mol. The average molecular weight is 263 g/mol. The van der Waals surface area contributed by atoms with E-state index in [1.165, 1.54) is 0 Å². The first kappa shape index (κ1) is 15.3. The summed E-state index contributed by atoms with van der Waals surface area (Å²) in [5.74, 6) is 2.08. The molecule has 0 fully saturated rings. The molecule has 1 heterocycles. The molecule has 0 aliphatic carbocycles. The maximum atomic E-state index is 5.81. The standard InChI is InChI=1S/C14H25N5/c1-11(2)8-9-16-14(15)17-10-12-6-5-7-13(18-12)19(3)4/h5-7,11H,8-10H2,1-4H3,(H3,15,16,17). The van der Waals surface area contributed by atoms with E-state index in [-0.39, 0.29) is 0 Å². The summed E-state index contributed by atoms with van der Waals surface area (Å²) in [5.41, 5.74) is 6.72. The molecule has 0 atom stereocenters. The molecule has 0 aromatic carbocycles. The highest BCUT2D eigenvalue weighted by Gasteiger charge is 1.99. The van der Waals surface area contributed by atoms with E-state index >= 15 is 0 Å². The van der Waals surface area contributed by atoms with Crippen molar-refractivity contribution in [3.05, 3.63) is 23.9 Å². The van der Waals surface area contributed by atoms with Gasteiger partial charge in [0.05, 0.1) is 12.2 Å². The van der Waals surface area contributed by atoms with Crippen molar-refractivity contribution in [2.75, 3.05) is 25.5 Å². The van der Waals surface area contributed by atoms with Gasteiger partial charge in [-0.2, -0.15) is 0 Å². The number of anilines is 1. The lowest BCUT2D eigenvalue weighted by Crippen LogP contribution is -2.32. The van der Waals surface area contributed by atoms with E-state index in [1.54, 1.807) is 0 Å². The van der Waals surface area contributed by atoms with E-state index in [9.17, 15) is 0 Å². The molecule has 5 nitrogen and oxygen atoms in total. The van der Waals surface area contributed by atoms with Gasteiger partial charge in [-0.25, -0.2) is 9.98 Å². The number of nitrogens with zero attached hydrogens (tertiary/aromatic N) is 3. The van der Waals surface area contributed by atoms with Gasteiger partial charge in [0.2, 0.25) is 0 Å². The predicted octanol–water partition coefficient (Wildman–Crippen LogP) is 1.60. The summed E-state index contributed by atoms with van der Waals surface area (Å²) < 4.78 is 0. The Labute approximate surface area is 115 Å². The number of guanidine groups is 1. The molecule has 0 bridgehead atoms. The van der Waals surface area contributed by atoms with Crippen molar-refractivity contribution in [2.45, 2.75) is 26.8 Å². The van der Waals surface area contributed by atoms with Crippen LogP contribution in [0.15, 0.2) is 23.2 Å². The second-order valence-electron chi connectivity index (χ2n) is 5.19. The van der Waals surface area contributed by atoms with E-state index in [0.29, 0.717) is 18.4 Å². The fraction of sp³-hybridized carbons (Fsp3) is 0.571. The van der Waals surface area contributed by atoms with Crippen LogP contribution in [0.3, 0.4) is 0 Å². The summed E-state index contributed by atoms with van der Waals surface area (Å²) >= 11 is 0. The van der Waals surface area contributed by atoms with E-state index in [4.69, 9.17) is 5.73 Å². The number of nitrogens with one attached hydrogen (secondary N) is 1. The molecule has 0 spiro atoms. The average Bonchev–Trinajstić information content (AvgIpc) is 2.36. The molecule has 1 rings (SSSR count). The smallest absolute Gasteiger partial charge is 0.188 e. The van der Waals surface area contributed by atoms with Crippen LogP contribution < -0.4 is 16.0 Å². The van der Waals surface area contributed by atoms with Gasteiger partial charge in [0.15, 0.2) is 5.96 Å². The normalized spacial score (nSPS) is 11.7. The highest BCUT2D eigenvalue weighted by Crippen LogP contribution is 2.08. The van der Waals surface area contributed by atoms with Gasteiger partial charge in [-0.3, -0.25) is 0 Å². The van der Waals surface area contributed by atoms with Crippen molar-refractivity contribution in [1.82, 2.24) is 10.3 Å². The Balaban J connectivity index is 2.48. The summed E-state index contributed by atoms with van der Waals surface area (Å²) in [6, 6.07) is 5.91. The zero-order valence-corrected chi connectivity index (χ0v) is 12.3. The topological polar surface area (TPSA) is 66.5 Å². The Bertz CT molecular complexity index is 412. The van der Waals surface area contributed by atoms with Gasteiger partial charge in [0, 0.05) is 20.6 Å². The number of hydrogen-bond acceptors (Lipinski definition) is 3. The monoisotopic (exact) mass is 263 g/mol. The summed E-state index contributed by atoms with van der Waals surface area (Å²) in [7, 11) is 3.94. The molecule has 0 aliphatic rings. The van der Waals surface area contributed by atoms with Gasteiger partial charge in [0.25, 0.3) is 0 Å². The third-order valence-electron chi connectivity index (χ3n) is 2.69. The summed E-state index contributed by atoms with van der Waals surface area (Å²) in [6.45, 7) is 5.73. The van der Waals surface area contributed by atoms with Gasteiger partial charge >= 0.3 is 0 Å². The van der Waals surface area contributed by atoms with Crippen molar-refractivity contribution in [3.8, 4) is 0 Å². The lowest BCUT2D eigenvalue weighted by molar-refractivity contribution is 0.576. The highest BCUT2D eigenvalue weighted by molar-refractivity contribution is 5.77. The van der Waals surface area contributed by atoms with Crippen LogP contribution >= 0.6 is 0 Å². The Morgan fingerprint density at radius 2 is 2.16 bits per heavy atom. The molecule has 0 aliphatic heterocycles. The minimum Gasteiger partial charge on any atom is -0.370 e. The molecule has 1 aromatic rings. The number of rotatable bonds is 6. The molecular formula is C14H25N5. The molecule has 0 unspecified atom stereocenters. The molecule has 1 aromatic heterocycles. The minimum absolute atomic E-state index is 0.484. The number of aliphatic imine (C=N–C) groups is 1. The van der Waals surface area contributed by atoms with Gasteiger partial charge in [-0.1, -0.05) is 19.9 Å².